The Kier molecular flexibility index (Phi) is 4.47. The second kappa shape index (κ2) is 6.87. The van der Waals surface area contributed by atoms with E-state index in [2.05, 4.69) is 4.98 Å². The summed E-state index contributed by atoms with van der Waals surface area (Å²) in [6, 6.07) is 21.2. The van der Waals surface area contributed by atoms with Crippen LogP contribution < -0.4 is 4.74 Å². The highest BCUT2D eigenvalue weighted by atomic mass is 16.5. The van der Waals surface area contributed by atoms with E-state index in [1.165, 1.54) is 0 Å². The van der Waals surface area contributed by atoms with Gasteiger partial charge in [0.25, 0.3) is 0 Å². The third-order valence-electron chi connectivity index (χ3n) is 3.42. The highest BCUT2D eigenvalue weighted by molar-refractivity contribution is 5.34. The fourth-order valence-electron chi connectivity index (χ4n) is 2.25. The van der Waals surface area contributed by atoms with Gasteiger partial charge in [0, 0.05) is 18.0 Å². The lowest BCUT2D eigenvalue weighted by atomic mass is 10.0. The molecule has 0 fully saturated rings. The summed E-state index contributed by atoms with van der Waals surface area (Å²) in [6.07, 6.45) is 2.66. The molecule has 110 valence electrons. The number of aliphatic hydroxyl groups excluding tert-OH is 1. The Balaban J connectivity index is 1.72. The van der Waals surface area contributed by atoms with Gasteiger partial charge in [0.05, 0.1) is 0 Å². The lowest BCUT2D eigenvalue weighted by molar-refractivity contribution is 0.218. The Bertz CT molecular complexity index is 714. The van der Waals surface area contributed by atoms with Gasteiger partial charge in [-0.1, -0.05) is 48.5 Å². The molecule has 1 heterocycles. The van der Waals surface area contributed by atoms with Gasteiger partial charge >= 0.3 is 0 Å². The summed E-state index contributed by atoms with van der Waals surface area (Å²) < 4.78 is 5.79. The Hall–Kier alpha value is -2.65. The summed E-state index contributed by atoms with van der Waals surface area (Å²) in [5.74, 6) is 0.740. The molecule has 1 atom stereocenters. The van der Waals surface area contributed by atoms with Crippen LogP contribution in [0.2, 0.25) is 0 Å². The van der Waals surface area contributed by atoms with Crippen molar-refractivity contribution in [3.63, 3.8) is 0 Å². The second-order valence-electron chi connectivity index (χ2n) is 5.04. The molecule has 0 aliphatic carbocycles. The molecule has 1 N–H and O–H groups in total. The molecule has 0 aliphatic heterocycles. The molecule has 3 heteroatoms. The minimum Gasteiger partial charge on any atom is -0.489 e. The molecule has 0 saturated heterocycles. The molecule has 0 aliphatic rings. The molecule has 0 unspecified atom stereocenters. The van der Waals surface area contributed by atoms with Gasteiger partial charge in [-0.3, -0.25) is 4.98 Å². The van der Waals surface area contributed by atoms with Gasteiger partial charge in [0.2, 0.25) is 0 Å². The third-order valence-corrected chi connectivity index (χ3v) is 3.42. The van der Waals surface area contributed by atoms with E-state index in [1.54, 1.807) is 12.4 Å². The van der Waals surface area contributed by atoms with Crippen molar-refractivity contribution in [3.8, 4) is 5.75 Å². The van der Waals surface area contributed by atoms with Crippen molar-refractivity contribution in [1.29, 1.82) is 0 Å². The van der Waals surface area contributed by atoms with E-state index in [0.29, 0.717) is 6.61 Å². The monoisotopic (exact) mass is 291 g/mol. The average Bonchev–Trinajstić information content (AvgIpc) is 2.61. The summed E-state index contributed by atoms with van der Waals surface area (Å²) in [5, 5.41) is 10.4. The van der Waals surface area contributed by atoms with Crippen LogP contribution in [0.1, 0.15) is 22.8 Å². The van der Waals surface area contributed by atoms with E-state index < -0.39 is 6.10 Å². The summed E-state index contributed by atoms with van der Waals surface area (Å²) in [7, 11) is 0. The molecule has 0 amide bonds. The van der Waals surface area contributed by atoms with Gasteiger partial charge in [-0.15, -0.1) is 0 Å². The molecule has 3 rings (SSSR count). The first-order chi connectivity index (χ1) is 10.8. The number of hydrogen-bond acceptors (Lipinski definition) is 3. The molecule has 0 bridgehead atoms. The molecule has 22 heavy (non-hydrogen) atoms. The zero-order valence-corrected chi connectivity index (χ0v) is 12.1. The number of aliphatic hydroxyl groups is 1. The quantitative estimate of drug-likeness (QED) is 0.778. The molecular formula is C19H17NO2. The Morgan fingerprint density at radius 1 is 0.909 bits per heavy atom. The summed E-state index contributed by atoms with van der Waals surface area (Å²) in [6.45, 7) is 0.507. The summed E-state index contributed by atoms with van der Waals surface area (Å²) >= 11 is 0. The van der Waals surface area contributed by atoms with Gasteiger partial charge in [-0.2, -0.15) is 0 Å². The molecule has 3 aromatic rings. The third kappa shape index (κ3) is 3.51. The SMILES string of the molecule is O[C@H](c1cccnc1)c1cccc(OCc2ccccc2)c1. The maximum atomic E-state index is 10.4. The first kappa shape index (κ1) is 14.3. The van der Waals surface area contributed by atoms with E-state index in [0.717, 1.165) is 22.4 Å². The number of aromatic nitrogens is 1. The highest BCUT2D eigenvalue weighted by Gasteiger charge is 2.11. The molecule has 2 aromatic carbocycles. The van der Waals surface area contributed by atoms with E-state index in [1.807, 2.05) is 66.7 Å². The number of hydrogen-bond donors (Lipinski definition) is 1. The zero-order chi connectivity index (χ0) is 15.2. The Morgan fingerprint density at radius 2 is 1.73 bits per heavy atom. The first-order valence-corrected chi connectivity index (χ1v) is 7.17. The number of rotatable bonds is 5. The normalized spacial score (nSPS) is 11.9. The predicted octanol–water partition coefficient (Wildman–Crippen LogP) is 3.74. The van der Waals surface area contributed by atoms with Crippen molar-refractivity contribution in [2.45, 2.75) is 12.7 Å². The lowest BCUT2D eigenvalue weighted by Gasteiger charge is -2.13. The molecule has 1 aromatic heterocycles. The molecule has 0 spiro atoms. The summed E-state index contributed by atoms with van der Waals surface area (Å²) in [5.41, 5.74) is 2.67. The van der Waals surface area contributed by atoms with E-state index in [4.69, 9.17) is 4.74 Å². The van der Waals surface area contributed by atoms with Gasteiger partial charge in [-0.25, -0.2) is 0 Å². The Morgan fingerprint density at radius 3 is 2.50 bits per heavy atom. The fraction of sp³-hybridized carbons (Fsp3) is 0.105. The van der Waals surface area contributed by atoms with Crippen molar-refractivity contribution < 1.29 is 9.84 Å². The molecule has 0 saturated carbocycles. The minimum atomic E-state index is -0.700. The van der Waals surface area contributed by atoms with Crippen LogP contribution in [0, 0.1) is 0 Å². The van der Waals surface area contributed by atoms with E-state index in [-0.39, 0.29) is 0 Å². The topological polar surface area (TPSA) is 42.4 Å². The van der Waals surface area contributed by atoms with Crippen molar-refractivity contribution in [3.05, 3.63) is 95.8 Å². The van der Waals surface area contributed by atoms with Gasteiger partial charge in [0.15, 0.2) is 0 Å². The smallest absolute Gasteiger partial charge is 0.120 e. The van der Waals surface area contributed by atoms with Crippen LogP contribution in [0.3, 0.4) is 0 Å². The predicted molar refractivity (Wildman–Crippen MR) is 85.5 cm³/mol. The number of nitrogens with zero attached hydrogens (tertiary/aromatic N) is 1. The first-order valence-electron chi connectivity index (χ1n) is 7.17. The maximum absolute atomic E-state index is 10.4. The van der Waals surface area contributed by atoms with Crippen LogP contribution in [0.15, 0.2) is 79.1 Å². The van der Waals surface area contributed by atoms with Crippen molar-refractivity contribution in [2.24, 2.45) is 0 Å². The van der Waals surface area contributed by atoms with Gasteiger partial charge in [0.1, 0.15) is 18.5 Å². The van der Waals surface area contributed by atoms with Crippen LogP contribution in [-0.2, 0) is 6.61 Å². The Labute approximate surface area is 129 Å². The van der Waals surface area contributed by atoms with Crippen molar-refractivity contribution >= 4 is 0 Å². The molecule has 0 radical (unpaired) electrons. The molecular weight excluding hydrogens is 274 g/mol. The van der Waals surface area contributed by atoms with Crippen LogP contribution in [0.4, 0.5) is 0 Å². The minimum absolute atomic E-state index is 0.507. The fourth-order valence-corrected chi connectivity index (χ4v) is 2.25. The lowest BCUT2D eigenvalue weighted by Crippen LogP contribution is -2.01. The zero-order valence-electron chi connectivity index (χ0n) is 12.1. The van der Waals surface area contributed by atoms with Crippen LogP contribution in [0.25, 0.3) is 0 Å². The van der Waals surface area contributed by atoms with Gasteiger partial charge < -0.3 is 9.84 Å². The number of benzene rings is 2. The van der Waals surface area contributed by atoms with Crippen LogP contribution >= 0.6 is 0 Å². The average molecular weight is 291 g/mol. The van der Waals surface area contributed by atoms with Crippen molar-refractivity contribution in [1.82, 2.24) is 4.98 Å². The highest BCUT2D eigenvalue weighted by Crippen LogP contribution is 2.24. The number of ether oxygens (including phenoxy) is 1. The van der Waals surface area contributed by atoms with E-state index >= 15 is 0 Å². The van der Waals surface area contributed by atoms with E-state index in [9.17, 15) is 5.11 Å². The van der Waals surface area contributed by atoms with Crippen LogP contribution in [0.5, 0.6) is 5.75 Å². The maximum Gasteiger partial charge on any atom is 0.120 e. The number of pyridine rings is 1. The largest absolute Gasteiger partial charge is 0.489 e. The van der Waals surface area contributed by atoms with Crippen molar-refractivity contribution in [2.75, 3.05) is 0 Å². The second-order valence-corrected chi connectivity index (χ2v) is 5.04. The summed E-state index contributed by atoms with van der Waals surface area (Å²) in [4.78, 5) is 4.04. The van der Waals surface area contributed by atoms with Crippen LogP contribution in [-0.4, -0.2) is 10.1 Å². The molecule has 3 nitrogen and oxygen atoms in total. The standard InChI is InChI=1S/C19H17NO2/c21-19(17-9-5-11-20-13-17)16-8-4-10-18(12-16)22-14-15-6-2-1-3-7-15/h1-13,19,21H,14H2/t19-/m0/s1. The van der Waals surface area contributed by atoms with Gasteiger partial charge in [-0.05, 0) is 29.3 Å².